The fourth-order valence-corrected chi connectivity index (χ4v) is 4.15. The molecule has 0 aliphatic heterocycles. The van der Waals surface area contributed by atoms with Crippen molar-refractivity contribution in [1.82, 2.24) is 20.4 Å². The molecule has 0 aromatic rings. The second-order valence-electron chi connectivity index (χ2n) is 13.9. The summed E-state index contributed by atoms with van der Waals surface area (Å²) in [6.07, 6.45) is 4.19. The highest BCUT2D eigenvalue weighted by atomic mass is 16.5. The molecule has 0 heterocycles. The van der Waals surface area contributed by atoms with Crippen LogP contribution in [0, 0.1) is 5.41 Å². The van der Waals surface area contributed by atoms with Crippen LogP contribution in [0.1, 0.15) is 102 Å². The third-order valence-corrected chi connectivity index (χ3v) is 7.78. The van der Waals surface area contributed by atoms with Crippen LogP contribution < -0.4 is 16.4 Å². The van der Waals surface area contributed by atoms with E-state index in [-0.39, 0.29) is 16.7 Å². The van der Waals surface area contributed by atoms with Crippen LogP contribution in [0.5, 0.6) is 0 Å². The van der Waals surface area contributed by atoms with Gasteiger partial charge in [-0.1, -0.05) is 34.6 Å². The van der Waals surface area contributed by atoms with E-state index in [0.717, 1.165) is 97.8 Å². The first-order chi connectivity index (χ1) is 17.6. The minimum atomic E-state index is -0.0680. The molecule has 0 amide bonds. The average Bonchev–Trinajstić information content (AvgIpc) is 2.80. The Kier molecular flexibility index (Phi) is 18.8. The third kappa shape index (κ3) is 19.7. The van der Waals surface area contributed by atoms with Crippen LogP contribution in [-0.4, -0.2) is 105 Å². The first-order valence-electron chi connectivity index (χ1n) is 15.4. The molecule has 7 nitrogen and oxygen atoms in total. The van der Waals surface area contributed by atoms with E-state index in [1.807, 2.05) is 0 Å². The van der Waals surface area contributed by atoms with Crippen LogP contribution in [0.25, 0.3) is 0 Å². The summed E-state index contributed by atoms with van der Waals surface area (Å²) in [5, 5.41) is 7.21. The highest BCUT2D eigenvalue weighted by Gasteiger charge is 2.27. The zero-order chi connectivity index (χ0) is 29.3. The summed E-state index contributed by atoms with van der Waals surface area (Å²) in [4.78, 5) is 5.02. The van der Waals surface area contributed by atoms with Crippen molar-refractivity contribution in [1.29, 1.82) is 0 Å². The van der Waals surface area contributed by atoms with Gasteiger partial charge in [-0.3, -0.25) is 4.90 Å². The molecule has 0 aliphatic rings. The lowest BCUT2D eigenvalue weighted by molar-refractivity contribution is -0.0382. The number of rotatable bonds is 24. The summed E-state index contributed by atoms with van der Waals surface area (Å²) >= 11 is 0. The van der Waals surface area contributed by atoms with Crippen molar-refractivity contribution in [2.45, 2.75) is 119 Å². The van der Waals surface area contributed by atoms with E-state index in [4.69, 9.17) is 15.2 Å². The minimum Gasteiger partial charge on any atom is -0.376 e. The maximum Gasteiger partial charge on any atom is 0.0638 e. The van der Waals surface area contributed by atoms with Gasteiger partial charge in [0, 0.05) is 77.7 Å². The van der Waals surface area contributed by atoms with E-state index < -0.39 is 0 Å². The predicted molar refractivity (Wildman–Crippen MR) is 166 cm³/mol. The second kappa shape index (κ2) is 19.0. The molecular formula is C31H69N5O2. The maximum atomic E-state index is 6.20. The van der Waals surface area contributed by atoms with Crippen molar-refractivity contribution < 1.29 is 9.47 Å². The van der Waals surface area contributed by atoms with E-state index in [1.54, 1.807) is 0 Å². The first-order valence-corrected chi connectivity index (χ1v) is 15.4. The van der Waals surface area contributed by atoms with Crippen molar-refractivity contribution in [2.24, 2.45) is 11.1 Å². The molecule has 0 saturated heterocycles. The second-order valence-corrected chi connectivity index (χ2v) is 13.9. The van der Waals surface area contributed by atoms with E-state index in [9.17, 15) is 0 Å². The standard InChI is InChI=1S/C31H69N5O2/c1-12-30(8,9)37-27-16-29(6,7)36(23-17-32)25-21-34-19-18-33-20-24-35(13-2)22-14-31(10,11)38-26-15-28(3,4)5/h33-34H,12-27,32H2,1-11H3. The van der Waals surface area contributed by atoms with Gasteiger partial charge in [0.1, 0.15) is 0 Å². The molecule has 7 heteroatoms. The zero-order valence-corrected chi connectivity index (χ0v) is 27.6. The normalized spacial score (nSPS) is 13.7. The van der Waals surface area contributed by atoms with Crippen LogP contribution >= 0.6 is 0 Å². The van der Waals surface area contributed by atoms with Gasteiger partial charge in [0.15, 0.2) is 0 Å². The van der Waals surface area contributed by atoms with Crippen molar-refractivity contribution in [2.75, 3.05) is 78.7 Å². The van der Waals surface area contributed by atoms with Gasteiger partial charge in [0.25, 0.3) is 0 Å². The maximum absolute atomic E-state index is 6.20. The van der Waals surface area contributed by atoms with Crippen LogP contribution in [0.2, 0.25) is 0 Å². The van der Waals surface area contributed by atoms with Crippen molar-refractivity contribution in [3.63, 3.8) is 0 Å². The fourth-order valence-electron chi connectivity index (χ4n) is 4.15. The molecule has 0 fully saturated rings. The first kappa shape index (κ1) is 37.7. The van der Waals surface area contributed by atoms with E-state index >= 15 is 0 Å². The average molecular weight is 544 g/mol. The Balaban J connectivity index is 4.14. The highest BCUT2D eigenvalue weighted by Crippen LogP contribution is 2.23. The Hall–Kier alpha value is -0.280. The summed E-state index contributed by atoms with van der Waals surface area (Å²) in [5.74, 6) is 0. The SMILES string of the molecule is CCN(CCNCCNCCN(CCN)C(C)(C)CCOC(C)(C)CC)CCC(C)(C)OCCC(C)(C)C. The lowest BCUT2D eigenvalue weighted by Crippen LogP contribution is -2.50. The monoisotopic (exact) mass is 544 g/mol. The van der Waals surface area contributed by atoms with Gasteiger partial charge in [-0.25, -0.2) is 0 Å². The number of nitrogens with zero attached hydrogens (tertiary/aromatic N) is 2. The molecule has 0 atom stereocenters. The lowest BCUT2D eigenvalue weighted by atomic mass is 9.93. The summed E-state index contributed by atoms with van der Waals surface area (Å²) in [7, 11) is 0. The van der Waals surface area contributed by atoms with Crippen molar-refractivity contribution in [3.05, 3.63) is 0 Å². The van der Waals surface area contributed by atoms with E-state index in [1.165, 1.54) is 0 Å². The summed E-state index contributed by atoms with van der Waals surface area (Å²) in [6.45, 7) is 36.0. The number of nitrogens with two attached hydrogens (primary N) is 1. The van der Waals surface area contributed by atoms with E-state index in [2.05, 4.69) is 96.6 Å². The molecule has 0 aromatic carbocycles. The minimum absolute atomic E-state index is 0.0472. The number of ether oxygens (including phenoxy) is 2. The molecule has 0 radical (unpaired) electrons. The Morgan fingerprint density at radius 2 is 1.18 bits per heavy atom. The van der Waals surface area contributed by atoms with Gasteiger partial charge in [-0.15, -0.1) is 0 Å². The molecule has 0 spiro atoms. The number of nitrogens with one attached hydrogen (secondary N) is 2. The van der Waals surface area contributed by atoms with Gasteiger partial charge in [-0.2, -0.15) is 0 Å². The molecule has 230 valence electrons. The zero-order valence-electron chi connectivity index (χ0n) is 27.6. The predicted octanol–water partition coefficient (Wildman–Crippen LogP) is 4.74. The molecule has 4 N–H and O–H groups in total. The summed E-state index contributed by atoms with van der Waals surface area (Å²) in [6, 6.07) is 0. The van der Waals surface area contributed by atoms with Crippen molar-refractivity contribution in [3.8, 4) is 0 Å². The van der Waals surface area contributed by atoms with Crippen LogP contribution in [0.4, 0.5) is 0 Å². The molecular weight excluding hydrogens is 474 g/mol. The van der Waals surface area contributed by atoms with Gasteiger partial charge in [0.2, 0.25) is 0 Å². The molecule has 0 aromatic heterocycles. The Bertz CT molecular complexity index is 575. The van der Waals surface area contributed by atoms with Crippen LogP contribution in [0.15, 0.2) is 0 Å². The lowest BCUT2D eigenvalue weighted by Gasteiger charge is -2.39. The summed E-state index contributed by atoms with van der Waals surface area (Å²) in [5.41, 5.74) is 6.21. The van der Waals surface area contributed by atoms with Gasteiger partial charge >= 0.3 is 0 Å². The largest absolute Gasteiger partial charge is 0.376 e. The van der Waals surface area contributed by atoms with Crippen LogP contribution in [-0.2, 0) is 9.47 Å². The van der Waals surface area contributed by atoms with Gasteiger partial charge in [0.05, 0.1) is 11.2 Å². The number of likely N-dealkylation sites (N-methyl/N-ethyl adjacent to an activating group) is 1. The molecule has 0 rings (SSSR count). The smallest absolute Gasteiger partial charge is 0.0638 e. The quantitative estimate of drug-likeness (QED) is 0.152. The topological polar surface area (TPSA) is 75.0 Å². The molecule has 38 heavy (non-hydrogen) atoms. The fraction of sp³-hybridized carbons (Fsp3) is 1.00. The van der Waals surface area contributed by atoms with Crippen molar-refractivity contribution >= 4 is 0 Å². The Morgan fingerprint density at radius 1 is 0.632 bits per heavy atom. The highest BCUT2D eigenvalue weighted by molar-refractivity contribution is 4.83. The van der Waals surface area contributed by atoms with Gasteiger partial charge < -0.3 is 30.7 Å². The molecule has 0 saturated carbocycles. The van der Waals surface area contributed by atoms with E-state index in [0.29, 0.717) is 12.0 Å². The molecule has 0 unspecified atom stereocenters. The summed E-state index contributed by atoms with van der Waals surface area (Å²) < 4.78 is 12.3. The Labute approximate surface area is 238 Å². The Morgan fingerprint density at radius 3 is 1.71 bits per heavy atom. The van der Waals surface area contributed by atoms with Gasteiger partial charge in [-0.05, 0) is 79.2 Å². The third-order valence-electron chi connectivity index (χ3n) is 7.78. The van der Waals surface area contributed by atoms with Crippen LogP contribution in [0.3, 0.4) is 0 Å². The number of hydrogen-bond donors (Lipinski definition) is 3. The molecule has 0 aliphatic carbocycles. The number of hydrogen-bond acceptors (Lipinski definition) is 7. The molecule has 0 bridgehead atoms.